The molecule has 2 N–H and O–H groups in total. The van der Waals surface area contributed by atoms with Gasteiger partial charge in [-0.2, -0.15) is 18.3 Å². The van der Waals surface area contributed by atoms with Crippen molar-refractivity contribution in [2.24, 2.45) is 4.99 Å². The second-order valence-electron chi connectivity index (χ2n) is 6.64. The van der Waals surface area contributed by atoms with Gasteiger partial charge in [0.1, 0.15) is 5.75 Å². The number of nitrogens with one attached hydrogen (secondary N) is 2. The van der Waals surface area contributed by atoms with Crippen LogP contribution < -0.4 is 15.4 Å². The predicted octanol–water partition coefficient (Wildman–Crippen LogP) is 3.59. The number of alkyl halides is 3. The Kier molecular flexibility index (Phi) is 8.35. The highest BCUT2D eigenvalue weighted by molar-refractivity contribution is 5.79. The average molecular weight is 411 g/mol. The van der Waals surface area contributed by atoms with Crippen molar-refractivity contribution in [2.75, 3.05) is 19.7 Å². The molecule has 2 rings (SSSR count). The Labute approximate surface area is 169 Å². The second kappa shape index (κ2) is 10.7. The smallest absolute Gasteiger partial charge is 0.422 e. The quantitative estimate of drug-likeness (QED) is 0.376. The molecule has 0 radical (unpaired) electrons. The van der Waals surface area contributed by atoms with E-state index in [-0.39, 0.29) is 12.3 Å². The molecule has 2 aromatic rings. The van der Waals surface area contributed by atoms with Crippen LogP contribution in [-0.2, 0) is 13.1 Å². The van der Waals surface area contributed by atoms with E-state index in [1.807, 2.05) is 31.5 Å². The number of guanidine groups is 1. The number of halogens is 3. The van der Waals surface area contributed by atoms with Crippen LogP contribution in [0, 0.1) is 13.8 Å². The van der Waals surface area contributed by atoms with Gasteiger partial charge in [0.25, 0.3) is 0 Å². The maximum atomic E-state index is 12.4. The van der Waals surface area contributed by atoms with Crippen molar-refractivity contribution in [3.05, 3.63) is 47.3 Å². The largest absolute Gasteiger partial charge is 0.484 e. The molecule has 0 aliphatic rings. The summed E-state index contributed by atoms with van der Waals surface area (Å²) in [6, 6.07) is 8.66. The minimum absolute atomic E-state index is 0.189. The Bertz CT molecular complexity index is 802. The number of rotatable bonds is 9. The molecule has 1 heterocycles. The molecule has 0 spiro atoms. The summed E-state index contributed by atoms with van der Waals surface area (Å²) < 4.78 is 44.2. The zero-order valence-corrected chi connectivity index (χ0v) is 17.0. The molecular formula is C20H28F3N5O. The highest BCUT2D eigenvalue weighted by Gasteiger charge is 2.28. The molecule has 0 atom stereocenters. The van der Waals surface area contributed by atoms with E-state index in [1.165, 1.54) is 6.07 Å². The third-order valence-electron chi connectivity index (χ3n) is 4.06. The Morgan fingerprint density at radius 1 is 1.21 bits per heavy atom. The molecule has 0 saturated heterocycles. The molecular weight excluding hydrogens is 383 g/mol. The van der Waals surface area contributed by atoms with Crippen LogP contribution >= 0.6 is 0 Å². The third-order valence-corrected chi connectivity index (χ3v) is 4.06. The van der Waals surface area contributed by atoms with Gasteiger partial charge in [0, 0.05) is 30.9 Å². The van der Waals surface area contributed by atoms with Crippen molar-refractivity contribution in [2.45, 2.75) is 46.5 Å². The van der Waals surface area contributed by atoms with Gasteiger partial charge >= 0.3 is 6.18 Å². The molecule has 9 heteroatoms. The molecule has 0 amide bonds. The predicted molar refractivity (Wildman–Crippen MR) is 107 cm³/mol. The molecule has 6 nitrogen and oxygen atoms in total. The normalized spacial score (nSPS) is 12.1. The summed E-state index contributed by atoms with van der Waals surface area (Å²) in [6.45, 7) is 6.99. The van der Waals surface area contributed by atoms with Gasteiger partial charge < -0.3 is 15.4 Å². The van der Waals surface area contributed by atoms with Gasteiger partial charge in [-0.05, 0) is 39.3 Å². The van der Waals surface area contributed by atoms with Crippen molar-refractivity contribution in [1.29, 1.82) is 0 Å². The van der Waals surface area contributed by atoms with Gasteiger partial charge in [-0.15, -0.1) is 0 Å². The number of hydrogen-bond acceptors (Lipinski definition) is 3. The molecule has 0 bridgehead atoms. The van der Waals surface area contributed by atoms with Crippen LogP contribution in [0.5, 0.6) is 5.75 Å². The SMILES string of the molecule is CCNC(=NCc1ccccc1OCC(F)(F)F)NCCCn1nc(C)cc1C. The van der Waals surface area contributed by atoms with Crippen LogP contribution in [0.25, 0.3) is 0 Å². The molecule has 0 fully saturated rings. The molecule has 0 aliphatic heterocycles. The van der Waals surface area contributed by atoms with Gasteiger partial charge in [-0.1, -0.05) is 18.2 Å². The molecule has 29 heavy (non-hydrogen) atoms. The maximum Gasteiger partial charge on any atom is 0.422 e. The number of benzene rings is 1. The van der Waals surface area contributed by atoms with Gasteiger partial charge in [0.15, 0.2) is 12.6 Å². The fourth-order valence-electron chi connectivity index (χ4n) is 2.78. The van der Waals surface area contributed by atoms with E-state index < -0.39 is 12.8 Å². The zero-order chi connectivity index (χ0) is 21.3. The van der Waals surface area contributed by atoms with Gasteiger partial charge in [0.05, 0.1) is 12.2 Å². The highest BCUT2D eigenvalue weighted by atomic mass is 19.4. The molecule has 1 aromatic heterocycles. The molecule has 0 aliphatic carbocycles. The van der Waals surface area contributed by atoms with E-state index in [0.717, 1.165) is 24.4 Å². The van der Waals surface area contributed by atoms with E-state index in [1.54, 1.807) is 18.2 Å². The van der Waals surface area contributed by atoms with Crippen molar-refractivity contribution in [3.8, 4) is 5.75 Å². The van der Waals surface area contributed by atoms with E-state index >= 15 is 0 Å². The fraction of sp³-hybridized carbons (Fsp3) is 0.500. The summed E-state index contributed by atoms with van der Waals surface area (Å²) in [5.41, 5.74) is 2.71. The molecule has 1 aromatic carbocycles. The maximum absolute atomic E-state index is 12.4. The van der Waals surface area contributed by atoms with Crippen molar-refractivity contribution >= 4 is 5.96 Å². The summed E-state index contributed by atoms with van der Waals surface area (Å²) in [6.07, 6.45) is -3.52. The minimum atomic E-state index is -4.38. The first-order valence-electron chi connectivity index (χ1n) is 9.59. The van der Waals surface area contributed by atoms with Crippen LogP contribution in [0.3, 0.4) is 0 Å². The second-order valence-corrected chi connectivity index (χ2v) is 6.64. The summed E-state index contributed by atoms with van der Waals surface area (Å²) in [5.74, 6) is 0.792. The van der Waals surface area contributed by atoms with E-state index in [9.17, 15) is 13.2 Å². The van der Waals surface area contributed by atoms with E-state index in [0.29, 0.717) is 24.6 Å². The number of aryl methyl sites for hydroxylation is 3. The van der Waals surface area contributed by atoms with Crippen LogP contribution in [0.4, 0.5) is 13.2 Å². The lowest BCUT2D eigenvalue weighted by atomic mass is 10.2. The first-order chi connectivity index (χ1) is 13.8. The van der Waals surface area contributed by atoms with Gasteiger partial charge in [-0.25, -0.2) is 4.99 Å². The highest BCUT2D eigenvalue weighted by Crippen LogP contribution is 2.22. The van der Waals surface area contributed by atoms with Crippen LogP contribution in [-0.4, -0.2) is 41.6 Å². The lowest BCUT2D eigenvalue weighted by Gasteiger charge is -2.14. The van der Waals surface area contributed by atoms with Crippen LogP contribution in [0.15, 0.2) is 35.3 Å². The number of para-hydroxylation sites is 1. The van der Waals surface area contributed by atoms with E-state index in [2.05, 4.69) is 20.7 Å². The first kappa shape index (κ1) is 22.6. The Hall–Kier alpha value is -2.71. The number of aromatic nitrogens is 2. The number of nitrogens with zero attached hydrogens (tertiary/aromatic N) is 3. The van der Waals surface area contributed by atoms with Gasteiger partial charge in [-0.3, -0.25) is 4.68 Å². The van der Waals surface area contributed by atoms with Crippen molar-refractivity contribution < 1.29 is 17.9 Å². The van der Waals surface area contributed by atoms with Crippen LogP contribution in [0.2, 0.25) is 0 Å². The van der Waals surface area contributed by atoms with Crippen molar-refractivity contribution in [3.63, 3.8) is 0 Å². The number of aliphatic imine (C=N–C) groups is 1. The summed E-state index contributed by atoms with van der Waals surface area (Å²) in [5, 5.41) is 10.8. The molecule has 160 valence electrons. The molecule has 0 unspecified atom stereocenters. The third kappa shape index (κ3) is 8.05. The standard InChI is InChI=1S/C20H28F3N5O/c1-4-24-19(25-10-7-11-28-16(3)12-15(2)27-28)26-13-17-8-5-6-9-18(17)29-14-20(21,22)23/h5-6,8-9,12H,4,7,10-11,13-14H2,1-3H3,(H2,24,25,26). The minimum Gasteiger partial charge on any atom is -0.484 e. The Morgan fingerprint density at radius 3 is 2.62 bits per heavy atom. The van der Waals surface area contributed by atoms with Crippen molar-refractivity contribution in [1.82, 2.24) is 20.4 Å². The zero-order valence-electron chi connectivity index (χ0n) is 17.0. The lowest BCUT2D eigenvalue weighted by molar-refractivity contribution is -0.153. The Balaban J connectivity index is 1.90. The summed E-state index contributed by atoms with van der Waals surface area (Å²) in [4.78, 5) is 4.47. The fourth-order valence-corrected chi connectivity index (χ4v) is 2.78. The number of hydrogen-bond donors (Lipinski definition) is 2. The lowest BCUT2D eigenvalue weighted by Crippen LogP contribution is -2.38. The van der Waals surface area contributed by atoms with Gasteiger partial charge in [0.2, 0.25) is 0 Å². The summed E-state index contributed by atoms with van der Waals surface area (Å²) >= 11 is 0. The Morgan fingerprint density at radius 2 is 1.97 bits per heavy atom. The topological polar surface area (TPSA) is 63.5 Å². The summed E-state index contributed by atoms with van der Waals surface area (Å²) in [7, 11) is 0. The average Bonchev–Trinajstić information content (AvgIpc) is 2.98. The molecule has 0 saturated carbocycles. The van der Waals surface area contributed by atoms with E-state index in [4.69, 9.17) is 4.74 Å². The number of ether oxygens (including phenoxy) is 1. The first-order valence-corrected chi connectivity index (χ1v) is 9.59. The van der Waals surface area contributed by atoms with Crippen LogP contribution in [0.1, 0.15) is 30.3 Å². The monoisotopic (exact) mass is 411 g/mol.